The van der Waals surface area contributed by atoms with Crippen LogP contribution >= 0.6 is 0 Å². The molecular formula is C29H28FN5O4. The van der Waals surface area contributed by atoms with Gasteiger partial charge in [0.15, 0.2) is 5.78 Å². The molecule has 0 unspecified atom stereocenters. The fourth-order valence-corrected chi connectivity index (χ4v) is 4.20. The number of aromatic nitrogens is 1. The van der Waals surface area contributed by atoms with Crippen LogP contribution in [-0.2, 0) is 0 Å². The Kier molecular flexibility index (Phi) is 8.20. The van der Waals surface area contributed by atoms with Crippen LogP contribution in [0.25, 0.3) is 0 Å². The molecule has 1 aliphatic rings. The number of nitrogens with one attached hydrogen (secondary N) is 2. The molecule has 1 heterocycles. The first-order chi connectivity index (χ1) is 18.7. The highest BCUT2D eigenvalue weighted by Gasteiger charge is 2.44. The zero-order valence-electron chi connectivity index (χ0n) is 21.8. The number of pyridine rings is 1. The van der Waals surface area contributed by atoms with Crippen LogP contribution in [0.5, 0.6) is 5.75 Å². The first-order valence-corrected chi connectivity index (χ1v) is 12.5. The predicted molar refractivity (Wildman–Crippen MR) is 144 cm³/mol. The van der Waals surface area contributed by atoms with Gasteiger partial charge >= 0.3 is 12.0 Å². The lowest BCUT2D eigenvalue weighted by molar-refractivity contribution is 0.0730. The Hall–Kier alpha value is -4.78. The van der Waals surface area contributed by atoms with Crippen molar-refractivity contribution in [2.24, 2.45) is 0 Å². The minimum atomic E-state index is -0.717. The number of carbonyl (C=O) groups is 3. The Balaban J connectivity index is 1.58. The number of nitriles is 1. The van der Waals surface area contributed by atoms with Crippen molar-refractivity contribution in [1.82, 2.24) is 10.3 Å². The summed E-state index contributed by atoms with van der Waals surface area (Å²) in [5.74, 6) is -1.98. The smallest absolute Gasteiger partial charge is 0.343 e. The number of rotatable bonds is 9. The molecule has 1 aliphatic carbocycles. The molecule has 1 aromatic heterocycles. The van der Waals surface area contributed by atoms with Gasteiger partial charge < -0.3 is 15.0 Å². The number of hydrogen-bond acceptors (Lipinski definition) is 7. The lowest BCUT2D eigenvalue weighted by Gasteiger charge is -2.17. The van der Waals surface area contributed by atoms with Crippen LogP contribution in [0.2, 0.25) is 0 Å². The van der Waals surface area contributed by atoms with Crippen molar-refractivity contribution in [3.05, 3.63) is 82.8 Å². The van der Waals surface area contributed by atoms with E-state index in [1.54, 1.807) is 18.2 Å². The fraction of sp³-hybridized carbons (Fsp3) is 0.276. The molecule has 2 atom stereocenters. The average molecular weight is 530 g/mol. The number of benzene rings is 2. The molecular weight excluding hydrogens is 501 g/mol. The van der Waals surface area contributed by atoms with Gasteiger partial charge in [-0.05, 0) is 55.3 Å². The third-order valence-electron chi connectivity index (χ3n) is 6.33. The van der Waals surface area contributed by atoms with Crippen molar-refractivity contribution in [1.29, 1.82) is 5.26 Å². The maximum atomic E-state index is 15.2. The molecule has 0 aliphatic heterocycles. The van der Waals surface area contributed by atoms with Gasteiger partial charge in [-0.3, -0.25) is 10.1 Å². The summed E-state index contributed by atoms with van der Waals surface area (Å²) >= 11 is 0. The van der Waals surface area contributed by atoms with Crippen LogP contribution in [0, 0.1) is 17.1 Å². The van der Waals surface area contributed by atoms with E-state index in [2.05, 4.69) is 15.6 Å². The Bertz CT molecular complexity index is 1450. The molecule has 2 aromatic carbocycles. The van der Waals surface area contributed by atoms with Gasteiger partial charge in [0.25, 0.3) is 0 Å². The Labute approximate surface area is 225 Å². The highest BCUT2D eigenvalue weighted by atomic mass is 19.1. The maximum absolute atomic E-state index is 15.2. The van der Waals surface area contributed by atoms with Crippen LogP contribution < -0.4 is 20.3 Å². The highest BCUT2D eigenvalue weighted by Crippen LogP contribution is 2.47. The Morgan fingerprint density at radius 2 is 1.97 bits per heavy atom. The van der Waals surface area contributed by atoms with Gasteiger partial charge in [0.05, 0.1) is 16.7 Å². The first kappa shape index (κ1) is 27.3. The van der Waals surface area contributed by atoms with Crippen molar-refractivity contribution in [3.8, 4) is 11.8 Å². The molecule has 39 heavy (non-hydrogen) atoms. The van der Waals surface area contributed by atoms with Crippen LogP contribution in [-0.4, -0.2) is 42.9 Å². The number of ether oxygens (including phenoxy) is 1. The third kappa shape index (κ3) is 6.38. The highest BCUT2D eigenvalue weighted by molar-refractivity contribution is 6.01. The van der Waals surface area contributed by atoms with E-state index in [1.165, 1.54) is 30.5 Å². The quantitative estimate of drug-likeness (QED) is 0.226. The summed E-state index contributed by atoms with van der Waals surface area (Å²) in [6.07, 6.45) is 2.49. The van der Waals surface area contributed by atoms with E-state index < -0.39 is 29.8 Å². The fourth-order valence-electron chi connectivity index (χ4n) is 4.20. The van der Waals surface area contributed by atoms with E-state index in [0.717, 1.165) is 5.69 Å². The minimum absolute atomic E-state index is 0.0795. The van der Waals surface area contributed by atoms with Gasteiger partial charge in [0.2, 0.25) is 0 Å². The van der Waals surface area contributed by atoms with Crippen LogP contribution in [0.15, 0.2) is 54.7 Å². The topological polar surface area (TPSA) is 124 Å². The number of ketones is 1. The van der Waals surface area contributed by atoms with Crippen molar-refractivity contribution < 1.29 is 23.5 Å². The number of esters is 1. The minimum Gasteiger partial charge on any atom is -0.422 e. The van der Waals surface area contributed by atoms with Crippen LogP contribution in [0.4, 0.5) is 20.7 Å². The summed E-state index contributed by atoms with van der Waals surface area (Å²) in [7, 11) is 3.68. The number of urea groups is 1. The van der Waals surface area contributed by atoms with E-state index >= 15 is 4.39 Å². The normalized spacial score (nSPS) is 15.6. The largest absolute Gasteiger partial charge is 0.422 e. The summed E-state index contributed by atoms with van der Waals surface area (Å²) in [6.45, 7) is 1.85. The Morgan fingerprint density at radius 3 is 2.64 bits per heavy atom. The van der Waals surface area contributed by atoms with Gasteiger partial charge in [-0.2, -0.15) is 5.26 Å². The molecule has 10 heteroatoms. The molecule has 2 N–H and O–H groups in total. The molecule has 200 valence electrons. The molecule has 3 aromatic rings. The molecule has 0 spiro atoms. The molecule has 0 bridgehead atoms. The Morgan fingerprint density at radius 1 is 1.18 bits per heavy atom. The van der Waals surface area contributed by atoms with E-state index in [1.807, 2.05) is 38.1 Å². The number of anilines is 2. The van der Waals surface area contributed by atoms with Crippen LogP contribution in [0.1, 0.15) is 63.9 Å². The van der Waals surface area contributed by atoms with Gasteiger partial charge in [0.1, 0.15) is 23.5 Å². The molecule has 0 radical (unpaired) electrons. The average Bonchev–Trinajstić information content (AvgIpc) is 3.67. The molecule has 1 fully saturated rings. The summed E-state index contributed by atoms with van der Waals surface area (Å²) in [4.78, 5) is 44.4. The zero-order valence-corrected chi connectivity index (χ0v) is 21.8. The summed E-state index contributed by atoms with van der Waals surface area (Å²) < 4.78 is 21.0. The molecule has 0 saturated heterocycles. The third-order valence-corrected chi connectivity index (χ3v) is 6.33. The standard InChI is InChI=1S/C29H28FN5O4/c1-4-6-24(36)20-10-11-22(30)26(27(20)39-28(37)18-7-5-8-19(13-18)35(2)3)21-14-23(21)33-29(38)34-25-12-9-17(15-31)16-32-25/h5,7-13,16,21,23H,4,6,14H2,1-3H3,(H2,32,33,34,38)/t21-,23+/m1/s1. The second-order valence-electron chi connectivity index (χ2n) is 9.44. The van der Waals surface area contributed by atoms with E-state index in [-0.39, 0.29) is 40.5 Å². The summed E-state index contributed by atoms with van der Waals surface area (Å²) in [5.41, 5.74) is 1.59. The number of Topliss-reactive ketones (excluding diaryl/α,β-unsaturated/α-hetero) is 1. The number of carbonyl (C=O) groups excluding carboxylic acids is 3. The second-order valence-corrected chi connectivity index (χ2v) is 9.44. The SMILES string of the molecule is CCCC(=O)c1ccc(F)c([C@@H]2C[C@@H]2NC(=O)Nc2ccc(C#N)cn2)c1OC(=O)c1cccc(N(C)C)c1. The number of halogens is 1. The van der Waals surface area contributed by atoms with Crippen LogP contribution in [0.3, 0.4) is 0 Å². The van der Waals surface area contributed by atoms with E-state index in [9.17, 15) is 14.4 Å². The summed E-state index contributed by atoms with van der Waals surface area (Å²) in [6, 6.07) is 13.3. The van der Waals surface area contributed by atoms with Gasteiger partial charge in [-0.25, -0.2) is 19.0 Å². The van der Waals surface area contributed by atoms with Gasteiger partial charge in [-0.1, -0.05) is 13.0 Å². The lowest BCUT2D eigenvalue weighted by Crippen LogP contribution is -2.31. The first-order valence-electron chi connectivity index (χ1n) is 12.5. The summed E-state index contributed by atoms with van der Waals surface area (Å²) in [5, 5.41) is 14.2. The zero-order chi connectivity index (χ0) is 28.1. The number of hydrogen-bond donors (Lipinski definition) is 2. The number of nitrogens with zero attached hydrogens (tertiary/aromatic N) is 3. The molecule has 2 amide bonds. The maximum Gasteiger partial charge on any atom is 0.343 e. The lowest BCUT2D eigenvalue weighted by atomic mass is 9.99. The van der Waals surface area contributed by atoms with Crippen molar-refractivity contribution >= 4 is 29.3 Å². The van der Waals surface area contributed by atoms with Crippen molar-refractivity contribution in [3.63, 3.8) is 0 Å². The van der Waals surface area contributed by atoms with E-state index in [4.69, 9.17) is 10.00 Å². The van der Waals surface area contributed by atoms with Gasteiger partial charge in [0, 0.05) is 49.9 Å². The molecule has 9 nitrogen and oxygen atoms in total. The van der Waals surface area contributed by atoms with Crippen molar-refractivity contribution in [2.75, 3.05) is 24.3 Å². The monoisotopic (exact) mass is 529 g/mol. The molecule has 4 rings (SSSR count). The number of amides is 2. The second kappa shape index (κ2) is 11.7. The van der Waals surface area contributed by atoms with Crippen molar-refractivity contribution in [2.45, 2.75) is 38.1 Å². The molecule has 1 saturated carbocycles. The van der Waals surface area contributed by atoms with E-state index in [0.29, 0.717) is 18.4 Å². The van der Waals surface area contributed by atoms with Gasteiger partial charge in [-0.15, -0.1) is 0 Å². The predicted octanol–water partition coefficient (Wildman–Crippen LogP) is 5.04.